The summed E-state index contributed by atoms with van der Waals surface area (Å²) in [7, 11) is 1.32. The van der Waals surface area contributed by atoms with Gasteiger partial charge in [0.15, 0.2) is 6.61 Å². The molecule has 0 aromatic heterocycles. The van der Waals surface area contributed by atoms with E-state index in [1.165, 1.54) is 20.0 Å². The maximum absolute atomic E-state index is 12.3. The van der Waals surface area contributed by atoms with Crippen LogP contribution in [-0.4, -0.2) is 31.8 Å². The van der Waals surface area contributed by atoms with Crippen molar-refractivity contribution in [2.75, 3.05) is 13.7 Å². The number of ether oxygens (including phenoxy) is 2. The Morgan fingerprint density at radius 3 is 2.72 bits per heavy atom. The van der Waals surface area contributed by atoms with Gasteiger partial charge in [-0.1, -0.05) is 19.8 Å². The highest BCUT2D eigenvalue weighted by atomic mass is 16.6. The van der Waals surface area contributed by atoms with E-state index in [0.717, 1.165) is 18.4 Å². The monoisotopic (exact) mass is 344 g/mol. The number of nitrogens with zero attached hydrogens (tertiary/aromatic N) is 1. The number of amides is 1. The molecule has 2 aliphatic rings. The summed E-state index contributed by atoms with van der Waals surface area (Å²) in [5.41, 5.74) is 3.70. The smallest absolute Gasteiger partial charge is 0.343 e. The molecule has 134 valence electrons. The fraction of sp³-hybridized carbons (Fsp3) is 0.526. The lowest BCUT2D eigenvalue weighted by Crippen LogP contribution is -2.22. The van der Waals surface area contributed by atoms with E-state index in [1.54, 1.807) is 30.5 Å². The lowest BCUT2D eigenvalue weighted by Gasteiger charge is -2.15. The zero-order chi connectivity index (χ0) is 17.9. The minimum absolute atomic E-state index is 0.0312. The molecular weight excluding hydrogens is 320 g/mol. The first-order valence-electron chi connectivity index (χ1n) is 8.67. The van der Waals surface area contributed by atoms with Crippen LogP contribution in [0.3, 0.4) is 0 Å². The molecular formula is C19H24N2O4. The summed E-state index contributed by atoms with van der Waals surface area (Å²) in [5.74, 6) is 0.817. The maximum Gasteiger partial charge on any atom is 0.343 e. The third-order valence-electron chi connectivity index (χ3n) is 5.47. The van der Waals surface area contributed by atoms with Gasteiger partial charge in [-0.3, -0.25) is 4.79 Å². The highest BCUT2D eigenvalue weighted by Crippen LogP contribution is 2.66. The van der Waals surface area contributed by atoms with Crippen LogP contribution in [0.2, 0.25) is 0 Å². The van der Waals surface area contributed by atoms with Gasteiger partial charge in [0.1, 0.15) is 5.75 Å². The van der Waals surface area contributed by atoms with Crippen molar-refractivity contribution in [1.29, 1.82) is 0 Å². The molecule has 1 aromatic carbocycles. The normalized spacial score (nSPS) is 27.4. The summed E-state index contributed by atoms with van der Waals surface area (Å²) in [6, 6.07) is 7.09. The average Bonchev–Trinajstić information content (AvgIpc) is 3.26. The van der Waals surface area contributed by atoms with Gasteiger partial charge in [0.2, 0.25) is 5.91 Å². The number of benzene rings is 1. The number of fused-ring (bicyclic) bond motifs is 1. The summed E-state index contributed by atoms with van der Waals surface area (Å²) >= 11 is 0. The number of rotatable bonds is 6. The lowest BCUT2D eigenvalue weighted by molar-refractivity contribution is -0.142. The quantitative estimate of drug-likeness (QED) is 0.489. The van der Waals surface area contributed by atoms with E-state index in [4.69, 9.17) is 4.74 Å². The van der Waals surface area contributed by atoms with Gasteiger partial charge in [-0.25, -0.2) is 10.2 Å². The number of nitrogens with one attached hydrogen (secondary N) is 1. The SMILES string of the molecule is COC(=O)COc1ccc(/C=N\NC(=O)[C@@H]2[C@@H]3CCCC[C@]23C)cc1. The molecule has 2 fully saturated rings. The van der Waals surface area contributed by atoms with E-state index in [-0.39, 0.29) is 23.8 Å². The molecule has 25 heavy (non-hydrogen) atoms. The highest BCUT2D eigenvalue weighted by Gasteiger charge is 2.64. The summed E-state index contributed by atoms with van der Waals surface area (Å²) in [6.07, 6.45) is 6.37. The Balaban J connectivity index is 1.48. The molecule has 6 heteroatoms. The van der Waals surface area contributed by atoms with Crippen LogP contribution in [0.15, 0.2) is 29.4 Å². The van der Waals surface area contributed by atoms with Gasteiger partial charge in [0.25, 0.3) is 0 Å². The zero-order valence-electron chi connectivity index (χ0n) is 14.7. The van der Waals surface area contributed by atoms with Crippen LogP contribution in [0.25, 0.3) is 0 Å². The molecule has 3 rings (SSSR count). The molecule has 1 amide bonds. The zero-order valence-corrected chi connectivity index (χ0v) is 14.7. The average molecular weight is 344 g/mol. The molecule has 0 heterocycles. The molecule has 0 unspecified atom stereocenters. The van der Waals surface area contributed by atoms with Crippen LogP contribution in [0.1, 0.15) is 38.2 Å². The van der Waals surface area contributed by atoms with Crippen LogP contribution in [0.5, 0.6) is 5.75 Å². The van der Waals surface area contributed by atoms with Crippen LogP contribution >= 0.6 is 0 Å². The Labute approximate surface area is 147 Å². The topological polar surface area (TPSA) is 77.0 Å². The van der Waals surface area contributed by atoms with Crippen molar-refractivity contribution in [3.8, 4) is 5.75 Å². The van der Waals surface area contributed by atoms with Crippen LogP contribution in [0.4, 0.5) is 0 Å². The van der Waals surface area contributed by atoms with Crippen molar-refractivity contribution in [3.63, 3.8) is 0 Å². The Kier molecular flexibility index (Phi) is 5.06. The van der Waals surface area contributed by atoms with E-state index in [1.807, 2.05) is 0 Å². The molecule has 0 aliphatic heterocycles. The molecule has 1 N–H and O–H groups in total. The van der Waals surface area contributed by atoms with Crippen molar-refractivity contribution in [2.45, 2.75) is 32.6 Å². The van der Waals surface area contributed by atoms with Crippen molar-refractivity contribution < 1.29 is 19.1 Å². The number of carbonyl (C=O) groups is 2. The van der Waals surface area contributed by atoms with E-state index in [0.29, 0.717) is 11.7 Å². The lowest BCUT2D eigenvalue weighted by atomic mass is 9.90. The van der Waals surface area contributed by atoms with Gasteiger partial charge in [-0.2, -0.15) is 5.10 Å². The highest BCUT2D eigenvalue weighted by molar-refractivity contribution is 5.86. The molecule has 0 spiro atoms. The number of hydrogen-bond acceptors (Lipinski definition) is 5. The summed E-state index contributed by atoms with van der Waals surface area (Å²) in [6.45, 7) is 2.10. The van der Waals surface area contributed by atoms with Crippen LogP contribution < -0.4 is 10.2 Å². The first-order chi connectivity index (χ1) is 12.0. The molecule has 2 saturated carbocycles. The third-order valence-corrected chi connectivity index (χ3v) is 5.47. The Morgan fingerprint density at radius 2 is 2.08 bits per heavy atom. The number of hydrogen-bond donors (Lipinski definition) is 1. The number of methoxy groups -OCH3 is 1. The molecule has 6 nitrogen and oxygen atoms in total. The van der Waals surface area contributed by atoms with Crippen molar-refractivity contribution in [1.82, 2.24) is 5.43 Å². The predicted molar refractivity (Wildman–Crippen MR) is 93.2 cm³/mol. The van der Waals surface area contributed by atoms with Crippen molar-refractivity contribution >= 4 is 18.1 Å². The maximum atomic E-state index is 12.3. The van der Waals surface area contributed by atoms with E-state index >= 15 is 0 Å². The predicted octanol–water partition coefficient (Wildman–Crippen LogP) is 2.51. The molecule has 1 aromatic rings. The number of esters is 1. The van der Waals surface area contributed by atoms with E-state index < -0.39 is 5.97 Å². The van der Waals surface area contributed by atoms with Crippen LogP contribution in [-0.2, 0) is 14.3 Å². The Bertz CT molecular complexity index is 671. The first-order valence-corrected chi connectivity index (χ1v) is 8.67. The molecule has 2 aliphatic carbocycles. The number of carbonyl (C=O) groups excluding carboxylic acids is 2. The van der Waals surface area contributed by atoms with Gasteiger partial charge >= 0.3 is 5.97 Å². The van der Waals surface area contributed by atoms with Gasteiger partial charge in [-0.05, 0) is 54.0 Å². The molecule has 0 saturated heterocycles. The fourth-order valence-corrected chi connectivity index (χ4v) is 3.94. The van der Waals surface area contributed by atoms with Gasteiger partial charge in [-0.15, -0.1) is 0 Å². The van der Waals surface area contributed by atoms with Gasteiger partial charge in [0.05, 0.1) is 13.3 Å². The Morgan fingerprint density at radius 1 is 1.32 bits per heavy atom. The number of hydrazone groups is 1. The van der Waals surface area contributed by atoms with E-state index in [9.17, 15) is 9.59 Å². The fourth-order valence-electron chi connectivity index (χ4n) is 3.94. The standard InChI is InChI=1S/C19H24N2O4/c1-19-10-4-3-5-15(19)17(19)18(23)21-20-11-13-6-8-14(9-7-13)25-12-16(22)24-2/h6-9,11,15,17H,3-5,10,12H2,1-2H3,(H,21,23)/b20-11-/t15-,17-,19-/m0/s1. The second-order valence-corrected chi connectivity index (χ2v) is 7.00. The molecule has 0 radical (unpaired) electrons. The summed E-state index contributed by atoms with van der Waals surface area (Å²) in [4.78, 5) is 23.3. The largest absolute Gasteiger partial charge is 0.482 e. The second kappa shape index (κ2) is 7.25. The molecule has 3 atom stereocenters. The van der Waals surface area contributed by atoms with Gasteiger partial charge < -0.3 is 9.47 Å². The first kappa shape index (κ1) is 17.5. The minimum Gasteiger partial charge on any atom is -0.482 e. The summed E-state index contributed by atoms with van der Waals surface area (Å²) < 4.78 is 9.79. The minimum atomic E-state index is -0.428. The van der Waals surface area contributed by atoms with E-state index in [2.05, 4.69) is 22.2 Å². The van der Waals surface area contributed by atoms with Crippen LogP contribution in [0, 0.1) is 17.3 Å². The third kappa shape index (κ3) is 3.83. The second-order valence-electron chi connectivity index (χ2n) is 7.00. The summed E-state index contributed by atoms with van der Waals surface area (Å²) in [5, 5.41) is 4.07. The Hall–Kier alpha value is -2.37. The van der Waals surface area contributed by atoms with Crippen molar-refractivity contribution in [2.24, 2.45) is 22.4 Å². The van der Waals surface area contributed by atoms with Gasteiger partial charge in [0, 0.05) is 5.92 Å². The molecule has 0 bridgehead atoms. The van der Waals surface area contributed by atoms with Crippen molar-refractivity contribution in [3.05, 3.63) is 29.8 Å².